The lowest BCUT2D eigenvalue weighted by molar-refractivity contribution is 0.231. The van der Waals surface area contributed by atoms with Gasteiger partial charge in [0.05, 0.1) is 12.1 Å². The number of aromatic nitrogens is 2. The number of hydrogen-bond donors (Lipinski definition) is 0. The van der Waals surface area contributed by atoms with Crippen LogP contribution in [0.3, 0.4) is 0 Å². The molecule has 19 heavy (non-hydrogen) atoms. The van der Waals surface area contributed by atoms with E-state index in [4.69, 9.17) is 5.26 Å². The summed E-state index contributed by atoms with van der Waals surface area (Å²) in [6, 6.07) is 8.49. The van der Waals surface area contributed by atoms with Crippen LogP contribution in [0.2, 0.25) is 0 Å². The Hall–Kier alpha value is -2.06. The van der Waals surface area contributed by atoms with Crippen LogP contribution in [0.15, 0.2) is 30.6 Å². The molecule has 5 nitrogen and oxygen atoms in total. The third-order valence-electron chi connectivity index (χ3n) is 3.78. The molecule has 2 aromatic heterocycles. The van der Waals surface area contributed by atoms with Crippen molar-refractivity contribution in [3.8, 4) is 6.07 Å². The van der Waals surface area contributed by atoms with Crippen molar-refractivity contribution in [2.24, 2.45) is 0 Å². The number of anilines is 1. The lowest BCUT2D eigenvalue weighted by atomic mass is 10.2. The Morgan fingerprint density at radius 1 is 1.26 bits per heavy atom. The summed E-state index contributed by atoms with van der Waals surface area (Å²) in [5.41, 5.74) is 0.977. The molecule has 1 aliphatic heterocycles. The number of imidazole rings is 1. The Kier molecular flexibility index (Phi) is 3.10. The van der Waals surface area contributed by atoms with E-state index >= 15 is 0 Å². The average Bonchev–Trinajstić information content (AvgIpc) is 2.95. The maximum atomic E-state index is 8.97. The molecule has 0 radical (unpaired) electrons. The molecule has 1 unspecified atom stereocenters. The third-order valence-corrected chi connectivity index (χ3v) is 3.78. The van der Waals surface area contributed by atoms with Gasteiger partial charge in [-0.3, -0.25) is 9.30 Å². The van der Waals surface area contributed by atoms with Gasteiger partial charge in [0.1, 0.15) is 11.5 Å². The van der Waals surface area contributed by atoms with Gasteiger partial charge < -0.3 is 4.90 Å². The number of rotatable bonds is 2. The molecule has 0 bridgehead atoms. The van der Waals surface area contributed by atoms with Gasteiger partial charge in [-0.15, -0.1) is 0 Å². The van der Waals surface area contributed by atoms with Crippen molar-refractivity contribution in [2.75, 3.05) is 31.1 Å². The first-order valence-corrected chi connectivity index (χ1v) is 6.60. The summed E-state index contributed by atoms with van der Waals surface area (Å²) < 4.78 is 2.11. The second-order valence-electron chi connectivity index (χ2n) is 4.87. The molecule has 0 aromatic carbocycles. The predicted octanol–water partition coefficient (Wildman–Crippen LogP) is 1.37. The van der Waals surface area contributed by atoms with Gasteiger partial charge in [-0.2, -0.15) is 5.26 Å². The van der Waals surface area contributed by atoms with E-state index in [2.05, 4.69) is 31.3 Å². The molecule has 1 saturated heterocycles. The molecule has 1 atom stereocenters. The lowest BCUT2D eigenvalue weighted by Crippen LogP contribution is -2.49. The normalized spacial score (nSPS) is 18.4. The average molecular weight is 255 g/mol. The summed E-state index contributed by atoms with van der Waals surface area (Å²) in [5, 5.41) is 8.97. The molecule has 0 amide bonds. The zero-order valence-corrected chi connectivity index (χ0v) is 11.0. The van der Waals surface area contributed by atoms with Crippen LogP contribution in [0.5, 0.6) is 0 Å². The predicted molar refractivity (Wildman–Crippen MR) is 74.1 cm³/mol. The molecular weight excluding hydrogens is 238 g/mol. The summed E-state index contributed by atoms with van der Waals surface area (Å²) in [6.45, 7) is 5.72. The molecule has 5 heteroatoms. The molecule has 1 fully saturated rings. The largest absolute Gasteiger partial charge is 0.355 e. The van der Waals surface area contributed by atoms with Crippen LogP contribution < -0.4 is 4.90 Å². The molecular formula is C14H17N5. The topological polar surface area (TPSA) is 47.6 Å². The fourth-order valence-electron chi connectivity index (χ4n) is 2.61. The van der Waals surface area contributed by atoms with E-state index in [-0.39, 0.29) is 6.04 Å². The number of hydrogen-bond acceptors (Lipinski definition) is 4. The molecule has 2 aromatic rings. The van der Waals surface area contributed by atoms with Crippen LogP contribution >= 0.6 is 0 Å². The summed E-state index contributed by atoms with van der Waals surface area (Å²) in [7, 11) is 0. The van der Waals surface area contributed by atoms with Gasteiger partial charge in [0.15, 0.2) is 0 Å². The smallest absolute Gasteiger partial charge is 0.138 e. The van der Waals surface area contributed by atoms with Crippen molar-refractivity contribution in [3.05, 3.63) is 30.6 Å². The van der Waals surface area contributed by atoms with Crippen LogP contribution in [-0.2, 0) is 0 Å². The Bertz CT molecular complexity index is 604. The Morgan fingerprint density at radius 2 is 2.05 bits per heavy atom. The van der Waals surface area contributed by atoms with Gasteiger partial charge in [0, 0.05) is 38.6 Å². The van der Waals surface area contributed by atoms with Crippen molar-refractivity contribution in [2.45, 2.75) is 13.0 Å². The quantitative estimate of drug-likeness (QED) is 0.813. The maximum Gasteiger partial charge on any atom is 0.138 e. The number of piperazine rings is 1. The number of pyridine rings is 1. The maximum absolute atomic E-state index is 8.97. The number of nitrogens with zero attached hydrogens (tertiary/aromatic N) is 5. The monoisotopic (exact) mass is 255 g/mol. The highest BCUT2D eigenvalue weighted by Crippen LogP contribution is 2.18. The van der Waals surface area contributed by atoms with E-state index in [1.807, 2.05) is 31.5 Å². The minimum absolute atomic E-state index is 0.00573. The zero-order valence-electron chi connectivity index (χ0n) is 11.0. The van der Waals surface area contributed by atoms with Crippen molar-refractivity contribution in [3.63, 3.8) is 0 Å². The van der Waals surface area contributed by atoms with Crippen molar-refractivity contribution in [1.29, 1.82) is 5.26 Å². The molecule has 0 spiro atoms. The van der Waals surface area contributed by atoms with E-state index in [1.54, 1.807) is 0 Å². The van der Waals surface area contributed by atoms with Crippen molar-refractivity contribution < 1.29 is 0 Å². The zero-order chi connectivity index (χ0) is 13.2. The Balaban J connectivity index is 1.79. The summed E-state index contributed by atoms with van der Waals surface area (Å²) in [6.07, 6.45) is 3.82. The highest BCUT2D eigenvalue weighted by atomic mass is 15.3. The SMILES string of the molecule is CC(C#N)N1CCN(c2cccc3nccn23)CC1. The van der Waals surface area contributed by atoms with E-state index in [0.717, 1.165) is 31.8 Å². The van der Waals surface area contributed by atoms with Crippen LogP contribution in [-0.4, -0.2) is 46.5 Å². The van der Waals surface area contributed by atoms with Gasteiger partial charge in [0.2, 0.25) is 0 Å². The van der Waals surface area contributed by atoms with E-state index in [1.165, 1.54) is 5.82 Å². The molecule has 1 aliphatic rings. The van der Waals surface area contributed by atoms with E-state index in [9.17, 15) is 0 Å². The second kappa shape index (κ2) is 4.90. The summed E-state index contributed by atoms with van der Waals surface area (Å²) >= 11 is 0. The van der Waals surface area contributed by atoms with E-state index in [0.29, 0.717) is 0 Å². The van der Waals surface area contributed by atoms with E-state index < -0.39 is 0 Å². The number of nitriles is 1. The first-order valence-electron chi connectivity index (χ1n) is 6.60. The Labute approximate surface area is 112 Å². The van der Waals surface area contributed by atoms with Gasteiger partial charge in [-0.1, -0.05) is 6.07 Å². The lowest BCUT2D eigenvalue weighted by Gasteiger charge is -2.37. The van der Waals surface area contributed by atoms with Crippen LogP contribution in [0, 0.1) is 11.3 Å². The van der Waals surface area contributed by atoms with Crippen molar-refractivity contribution >= 4 is 11.5 Å². The van der Waals surface area contributed by atoms with Crippen LogP contribution in [0.4, 0.5) is 5.82 Å². The molecule has 3 heterocycles. The Morgan fingerprint density at radius 3 is 2.79 bits per heavy atom. The third kappa shape index (κ3) is 2.15. The fraction of sp³-hybridized carbons (Fsp3) is 0.429. The van der Waals surface area contributed by atoms with Gasteiger partial charge >= 0.3 is 0 Å². The summed E-state index contributed by atoms with van der Waals surface area (Å²) in [5.74, 6) is 1.18. The molecule has 3 rings (SSSR count). The first kappa shape index (κ1) is 12.0. The van der Waals surface area contributed by atoms with Crippen molar-refractivity contribution in [1.82, 2.24) is 14.3 Å². The standard InChI is InChI=1S/C14H17N5/c1-12(11-15)17-7-9-18(10-8-17)14-4-2-3-13-16-5-6-19(13)14/h2-6,12H,7-10H2,1H3. The number of fused-ring (bicyclic) bond motifs is 1. The van der Waals surface area contributed by atoms with Crippen LogP contribution in [0.25, 0.3) is 5.65 Å². The van der Waals surface area contributed by atoms with Crippen LogP contribution in [0.1, 0.15) is 6.92 Å². The van der Waals surface area contributed by atoms with Gasteiger partial charge in [-0.25, -0.2) is 4.98 Å². The fourth-order valence-corrected chi connectivity index (χ4v) is 2.61. The minimum Gasteiger partial charge on any atom is -0.355 e. The minimum atomic E-state index is 0.00573. The molecule has 98 valence electrons. The first-order chi connectivity index (χ1) is 9.29. The molecule has 0 saturated carbocycles. The molecule has 0 aliphatic carbocycles. The highest BCUT2D eigenvalue weighted by molar-refractivity contribution is 5.51. The summed E-state index contributed by atoms with van der Waals surface area (Å²) in [4.78, 5) is 8.90. The highest BCUT2D eigenvalue weighted by Gasteiger charge is 2.21. The molecule has 0 N–H and O–H groups in total. The second-order valence-corrected chi connectivity index (χ2v) is 4.87. The van der Waals surface area contributed by atoms with Gasteiger partial charge in [0.25, 0.3) is 0 Å². The van der Waals surface area contributed by atoms with Gasteiger partial charge in [-0.05, 0) is 19.1 Å².